The lowest BCUT2D eigenvalue weighted by atomic mass is 10.0. The highest BCUT2D eigenvalue weighted by Gasteiger charge is 2.23. The lowest BCUT2D eigenvalue weighted by molar-refractivity contribution is -0.206. The highest BCUT2D eigenvalue weighted by molar-refractivity contribution is 5.64. The van der Waals surface area contributed by atoms with E-state index in [0.29, 0.717) is 5.92 Å². The van der Waals surface area contributed by atoms with E-state index in [1.165, 1.54) is 68.9 Å². The van der Waals surface area contributed by atoms with Gasteiger partial charge in [-0.1, -0.05) is 94.5 Å². The lowest BCUT2D eigenvalue weighted by Crippen LogP contribution is -2.27. The average Bonchev–Trinajstić information content (AvgIpc) is 2.91. The normalized spacial score (nSPS) is 19.0. The summed E-state index contributed by atoms with van der Waals surface area (Å²) in [5.41, 5.74) is 3.48. The van der Waals surface area contributed by atoms with Gasteiger partial charge >= 0.3 is 0 Å². The van der Waals surface area contributed by atoms with Crippen LogP contribution >= 0.6 is 0 Å². The Morgan fingerprint density at radius 1 is 0.806 bits per heavy atom. The number of rotatable bonds is 16. The van der Waals surface area contributed by atoms with Crippen molar-refractivity contribution < 1.29 is 14.2 Å². The van der Waals surface area contributed by atoms with Crippen LogP contribution in [0, 0.1) is 5.92 Å². The molecule has 0 bridgehead atoms. The smallest absolute Gasteiger partial charge is 0.183 e. The third-order valence-corrected chi connectivity index (χ3v) is 7.02. The number of hydrogen-bond donors (Lipinski definition) is 0. The highest BCUT2D eigenvalue weighted by Crippen LogP contribution is 2.30. The fourth-order valence-electron chi connectivity index (χ4n) is 4.77. The van der Waals surface area contributed by atoms with Crippen LogP contribution < -0.4 is 4.74 Å². The van der Waals surface area contributed by atoms with Crippen molar-refractivity contribution in [3.05, 3.63) is 66.2 Å². The fourth-order valence-corrected chi connectivity index (χ4v) is 4.77. The third-order valence-electron chi connectivity index (χ3n) is 7.02. The number of unbranched alkanes of at least 4 members (excludes halogenated alkanes) is 6. The first-order chi connectivity index (χ1) is 17.7. The molecule has 1 heterocycles. The molecule has 1 fully saturated rings. The minimum absolute atomic E-state index is 0.246. The number of benzene rings is 2. The van der Waals surface area contributed by atoms with Crippen LogP contribution in [0.4, 0.5) is 0 Å². The molecule has 1 aliphatic rings. The van der Waals surface area contributed by atoms with Crippen molar-refractivity contribution in [2.45, 2.75) is 104 Å². The molecule has 0 amide bonds. The molecule has 36 heavy (non-hydrogen) atoms. The molecule has 0 N–H and O–H groups in total. The first-order valence-corrected chi connectivity index (χ1v) is 14.4. The largest absolute Gasteiger partial charge is 0.491 e. The number of ether oxygens (including phenoxy) is 3. The molecule has 198 valence electrons. The lowest BCUT2D eigenvalue weighted by Gasteiger charge is -2.29. The molecule has 3 nitrogen and oxygen atoms in total. The van der Waals surface area contributed by atoms with E-state index in [-0.39, 0.29) is 12.4 Å². The molecule has 0 unspecified atom stereocenters. The van der Waals surface area contributed by atoms with E-state index in [9.17, 15) is 0 Å². The summed E-state index contributed by atoms with van der Waals surface area (Å²) in [7, 11) is 0. The Kier molecular flexibility index (Phi) is 13.1. The van der Waals surface area contributed by atoms with Gasteiger partial charge in [0.25, 0.3) is 0 Å². The van der Waals surface area contributed by atoms with Gasteiger partial charge in [-0.3, -0.25) is 0 Å². The summed E-state index contributed by atoms with van der Waals surface area (Å²) >= 11 is 0. The van der Waals surface area contributed by atoms with Gasteiger partial charge in [0.15, 0.2) is 6.29 Å². The minimum atomic E-state index is -0.246. The maximum Gasteiger partial charge on any atom is 0.183 e. The Balaban J connectivity index is 1.38. The molecule has 3 heteroatoms. The molecular formula is C33H48O3. The van der Waals surface area contributed by atoms with E-state index in [2.05, 4.69) is 81.5 Å². The molecule has 1 aliphatic heterocycles. The van der Waals surface area contributed by atoms with Gasteiger partial charge in [0, 0.05) is 11.5 Å². The van der Waals surface area contributed by atoms with Gasteiger partial charge in [0.1, 0.15) is 5.75 Å². The summed E-state index contributed by atoms with van der Waals surface area (Å²) in [6.45, 7) is 8.19. The van der Waals surface area contributed by atoms with Crippen LogP contribution in [-0.4, -0.2) is 19.3 Å². The van der Waals surface area contributed by atoms with E-state index in [1.54, 1.807) is 0 Å². The monoisotopic (exact) mass is 492 g/mol. The minimum Gasteiger partial charge on any atom is -0.491 e. The third kappa shape index (κ3) is 10.1. The summed E-state index contributed by atoms with van der Waals surface area (Å²) in [4.78, 5) is 0. The van der Waals surface area contributed by atoms with E-state index in [0.717, 1.165) is 37.4 Å². The first-order valence-electron chi connectivity index (χ1n) is 14.4. The maximum atomic E-state index is 6.11. The van der Waals surface area contributed by atoms with Crippen LogP contribution in [0.1, 0.15) is 103 Å². The van der Waals surface area contributed by atoms with Crippen molar-refractivity contribution >= 4 is 0 Å². The average molecular weight is 493 g/mol. The molecule has 0 spiro atoms. The summed E-state index contributed by atoms with van der Waals surface area (Å²) in [5, 5.41) is 0. The van der Waals surface area contributed by atoms with E-state index in [1.807, 2.05) is 0 Å². The van der Waals surface area contributed by atoms with Crippen molar-refractivity contribution in [1.29, 1.82) is 0 Å². The van der Waals surface area contributed by atoms with Crippen LogP contribution in [0.3, 0.4) is 0 Å². The Bertz CT molecular complexity index is 848. The van der Waals surface area contributed by atoms with Crippen LogP contribution in [0.5, 0.6) is 5.75 Å². The zero-order valence-electron chi connectivity index (χ0n) is 22.9. The zero-order valence-corrected chi connectivity index (χ0v) is 22.9. The molecule has 0 radical (unpaired) electrons. The summed E-state index contributed by atoms with van der Waals surface area (Å²) in [6, 6.07) is 17.0. The van der Waals surface area contributed by atoms with Crippen LogP contribution in [0.2, 0.25) is 0 Å². The predicted molar refractivity (Wildman–Crippen MR) is 151 cm³/mol. The van der Waals surface area contributed by atoms with Crippen LogP contribution in [0.25, 0.3) is 11.1 Å². The van der Waals surface area contributed by atoms with E-state index in [4.69, 9.17) is 14.2 Å². The standard InChI is InChI=1S/C33H48O3/c1-4-6-8-10-11-12-14-16-28-25-34-33(35-26-28)31-19-17-29(18-20-31)30-21-23-32(24-22-30)36-27(3)15-13-9-7-5-2/h6,8,17-24,27-28,33H,4-5,7,9-16,25-26H2,1-3H3/b8-6-/t27-,28?,33?/m0/s1. The Morgan fingerprint density at radius 2 is 1.47 bits per heavy atom. The van der Waals surface area contributed by atoms with Gasteiger partial charge in [0.2, 0.25) is 0 Å². The second-order valence-corrected chi connectivity index (χ2v) is 10.3. The maximum absolute atomic E-state index is 6.11. The second-order valence-electron chi connectivity index (χ2n) is 10.3. The predicted octanol–water partition coefficient (Wildman–Crippen LogP) is 9.67. The molecule has 0 aliphatic carbocycles. The summed E-state index contributed by atoms with van der Waals surface area (Å²) < 4.78 is 18.3. The van der Waals surface area contributed by atoms with Crippen LogP contribution in [-0.2, 0) is 9.47 Å². The number of allylic oxidation sites excluding steroid dienone is 2. The molecule has 2 aromatic carbocycles. The van der Waals surface area contributed by atoms with Gasteiger partial charge in [-0.05, 0) is 68.7 Å². The molecule has 3 rings (SSSR count). The van der Waals surface area contributed by atoms with Crippen LogP contribution in [0.15, 0.2) is 60.7 Å². The second kappa shape index (κ2) is 16.6. The van der Waals surface area contributed by atoms with Gasteiger partial charge in [-0.2, -0.15) is 0 Å². The van der Waals surface area contributed by atoms with E-state index >= 15 is 0 Å². The first kappa shape index (κ1) is 28.5. The topological polar surface area (TPSA) is 27.7 Å². The number of hydrogen-bond acceptors (Lipinski definition) is 3. The van der Waals surface area contributed by atoms with Crippen molar-refractivity contribution in [2.24, 2.45) is 5.92 Å². The van der Waals surface area contributed by atoms with Gasteiger partial charge in [-0.15, -0.1) is 0 Å². The summed E-state index contributed by atoms with van der Waals surface area (Å²) in [5.74, 6) is 1.47. The Hall–Kier alpha value is -2.10. The fraction of sp³-hybridized carbons (Fsp3) is 0.576. The Morgan fingerprint density at radius 3 is 2.14 bits per heavy atom. The van der Waals surface area contributed by atoms with Crippen molar-refractivity contribution in [2.75, 3.05) is 13.2 Å². The van der Waals surface area contributed by atoms with Gasteiger partial charge in [-0.25, -0.2) is 0 Å². The summed E-state index contributed by atoms with van der Waals surface area (Å²) in [6.07, 6.45) is 18.2. The molecule has 1 saturated heterocycles. The van der Waals surface area contributed by atoms with Gasteiger partial charge < -0.3 is 14.2 Å². The molecule has 0 saturated carbocycles. The SMILES string of the molecule is CC/C=C\CCCCCC1COC(c2ccc(-c3ccc(O[C@@H](C)CCCCCC)cc3)cc2)OC1. The Labute approximate surface area is 220 Å². The molecular weight excluding hydrogens is 444 g/mol. The zero-order chi connectivity index (χ0) is 25.4. The van der Waals surface area contributed by atoms with Crippen molar-refractivity contribution in [3.63, 3.8) is 0 Å². The van der Waals surface area contributed by atoms with Crippen molar-refractivity contribution in [3.8, 4) is 16.9 Å². The quantitative estimate of drug-likeness (QED) is 0.172. The molecule has 2 aromatic rings. The van der Waals surface area contributed by atoms with Crippen molar-refractivity contribution in [1.82, 2.24) is 0 Å². The van der Waals surface area contributed by atoms with Gasteiger partial charge in [0.05, 0.1) is 19.3 Å². The van der Waals surface area contributed by atoms with E-state index < -0.39 is 0 Å². The highest BCUT2D eigenvalue weighted by atomic mass is 16.7. The molecule has 0 aromatic heterocycles. The molecule has 1 atom stereocenters.